The number of non-ortho nitro benzene ring substituents is 1. The maximum Gasteiger partial charge on any atom is 0.269 e. The lowest BCUT2D eigenvalue weighted by molar-refractivity contribution is -0.384. The highest BCUT2D eigenvalue weighted by Gasteiger charge is 2.28. The molecule has 3 rings (SSSR count). The number of aliphatic imine (C=N–C) groups is 1. The van der Waals surface area contributed by atoms with E-state index in [1.54, 1.807) is 30.7 Å². The Balaban J connectivity index is 1.63. The van der Waals surface area contributed by atoms with E-state index in [0.717, 1.165) is 19.3 Å². The number of amides is 1. The molecule has 8 nitrogen and oxygen atoms in total. The fourth-order valence-corrected chi connectivity index (χ4v) is 3.62. The second kappa shape index (κ2) is 9.89. The van der Waals surface area contributed by atoms with Gasteiger partial charge in [-0.25, -0.2) is 0 Å². The number of primary amides is 1. The number of dihydropyridines is 1. The number of nitrogens with two attached hydrogens (primary N) is 1. The molecule has 2 unspecified atom stereocenters. The van der Waals surface area contributed by atoms with Crippen molar-refractivity contribution in [3.63, 3.8) is 0 Å². The van der Waals surface area contributed by atoms with Crippen LogP contribution >= 0.6 is 0 Å². The van der Waals surface area contributed by atoms with Crippen molar-refractivity contribution in [1.82, 2.24) is 10.3 Å². The van der Waals surface area contributed by atoms with E-state index < -0.39 is 16.9 Å². The third-order valence-corrected chi connectivity index (χ3v) is 5.40. The molecule has 30 heavy (non-hydrogen) atoms. The van der Waals surface area contributed by atoms with Crippen LogP contribution in [0.15, 0.2) is 65.9 Å². The van der Waals surface area contributed by atoms with Crippen molar-refractivity contribution in [1.29, 1.82) is 0 Å². The summed E-state index contributed by atoms with van der Waals surface area (Å²) in [6.45, 7) is 1.25. The maximum absolute atomic E-state index is 12.0. The molecule has 8 heteroatoms. The van der Waals surface area contributed by atoms with Crippen LogP contribution in [0.2, 0.25) is 0 Å². The Kier molecular flexibility index (Phi) is 7.03. The number of hydrogen-bond acceptors (Lipinski definition) is 6. The van der Waals surface area contributed by atoms with Gasteiger partial charge in [0.25, 0.3) is 5.69 Å². The second-order valence-electron chi connectivity index (χ2n) is 7.45. The number of rotatable bonds is 10. The molecule has 0 saturated carbocycles. The second-order valence-corrected chi connectivity index (χ2v) is 7.45. The summed E-state index contributed by atoms with van der Waals surface area (Å²) >= 11 is 0. The maximum atomic E-state index is 12.0. The number of pyridine rings is 1. The number of nitrogens with zero attached hydrogens (tertiary/aromatic N) is 3. The molecule has 0 fully saturated rings. The van der Waals surface area contributed by atoms with E-state index >= 15 is 0 Å². The Morgan fingerprint density at radius 1 is 1.20 bits per heavy atom. The molecule has 1 amide bonds. The zero-order valence-corrected chi connectivity index (χ0v) is 16.6. The number of nitro groups is 1. The van der Waals surface area contributed by atoms with Crippen molar-refractivity contribution in [3.05, 3.63) is 82.2 Å². The molecule has 2 aromatic rings. The van der Waals surface area contributed by atoms with Gasteiger partial charge in [-0.05, 0) is 55.1 Å². The van der Waals surface area contributed by atoms with Crippen LogP contribution in [0, 0.1) is 15.5 Å². The van der Waals surface area contributed by atoms with Crippen LogP contribution < -0.4 is 11.1 Å². The summed E-state index contributed by atoms with van der Waals surface area (Å²) in [6.07, 6.45) is 12.2. The van der Waals surface area contributed by atoms with Gasteiger partial charge in [0.1, 0.15) is 6.04 Å². The lowest BCUT2D eigenvalue weighted by Gasteiger charge is -2.31. The molecule has 1 aliphatic rings. The Hall–Kier alpha value is -3.39. The molecular formula is C22H25N5O3. The molecule has 1 aromatic heterocycles. The van der Waals surface area contributed by atoms with Crippen molar-refractivity contribution >= 4 is 17.8 Å². The smallest absolute Gasteiger partial charge is 0.269 e. The Labute approximate surface area is 175 Å². The van der Waals surface area contributed by atoms with E-state index in [-0.39, 0.29) is 11.1 Å². The van der Waals surface area contributed by atoms with E-state index in [0.29, 0.717) is 18.7 Å². The van der Waals surface area contributed by atoms with Crippen LogP contribution in [-0.2, 0) is 11.2 Å². The standard InChI is InChI=1S/C22H25N5O3/c23-21(28)20(18-2-4-19(5-3-18)27(29)30)26-15-11-22(9-1-12-25-16-22)10-6-17-7-13-24-14-8-17/h1-5,7-9,12-14,20,26H,6,10-11,15-16H2,(H2,23,28). The van der Waals surface area contributed by atoms with Gasteiger partial charge in [0.05, 0.1) is 4.92 Å². The summed E-state index contributed by atoms with van der Waals surface area (Å²) in [5, 5.41) is 14.1. The van der Waals surface area contributed by atoms with Gasteiger partial charge < -0.3 is 11.1 Å². The Bertz CT molecular complexity index is 928. The van der Waals surface area contributed by atoms with Gasteiger partial charge in [-0.2, -0.15) is 0 Å². The van der Waals surface area contributed by atoms with Gasteiger partial charge in [-0.1, -0.05) is 18.2 Å². The monoisotopic (exact) mass is 407 g/mol. The van der Waals surface area contributed by atoms with Crippen LogP contribution in [0.1, 0.15) is 30.0 Å². The van der Waals surface area contributed by atoms with Crippen LogP contribution in [0.25, 0.3) is 0 Å². The van der Waals surface area contributed by atoms with Gasteiger partial charge in [0.15, 0.2) is 0 Å². The lowest BCUT2D eigenvalue weighted by Crippen LogP contribution is -2.37. The fraction of sp³-hybridized carbons (Fsp3) is 0.318. The van der Waals surface area contributed by atoms with Crippen molar-refractivity contribution in [2.75, 3.05) is 13.1 Å². The predicted octanol–water partition coefficient (Wildman–Crippen LogP) is 2.76. The Morgan fingerprint density at radius 3 is 2.53 bits per heavy atom. The van der Waals surface area contributed by atoms with Gasteiger partial charge in [-0.3, -0.25) is 24.9 Å². The van der Waals surface area contributed by atoms with Gasteiger partial charge in [-0.15, -0.1) is 0 Å². The molecule has 0 aliphatic carbocycles. The van der Waals surface area contributed by atoms with Crippen molar-refractivity contribution < 1.29 is 9.72 Å². The molecule has 0 bridgehead atoms. The highest BCUT2D eigenvalue weighted by molar-refractivity contribution is 5.81. The minimum absolute atomic E-state index is 0.0257. The number of benzene rings is 1. The minimum atomic E-state index is -0.709. The average molecular weight is 407 g/mol. The van der Waals surface area contributed by atoms with E-state index in [4.69, 9.17) is 5.73 Å². The summed E-state index contributed by atoms with van der Waals surface area (Å²) in [6, 6.07) is 9.19. The van der Waals surface area contributed by atoms with E-state index in [1.165, 1.54) is 17.7 Å². The first-order chi connectivity index (χ1) is 14.5. The van der Waals surface area contributed by atoms with Gasteiger partial charge in [0, 0.05) is 42.7 Å². The van der Waals surface area contributed by atoms with Crippen molar-refractivity contribution in [3.8, 4) is 0 Å². The topological polar surface area (TPSA) is 124 Å². The summed E-state index contributed by atoms with van der Waals surface area (Å²) in [5.74, 6) is -0.521. The first-order valence-corrected chi connectivity index (χ1v) is 9.83. The van der Waals surface area contributed by atoms with Crippen molar-refractivity contribution in [2.45, 2.75) is 25.3 Å². The summed E-state index contributed by atoms with van der Waals surface area (Å²) in [7, 11) is 0. The Morgan fingerprint density at radius 2 is 1.93 bits per heavy atom. The quantitative estimate of drug-likeness (QED) is 0.463. The number of carbonyl (C=O) groups is 1. The molecule has 156 valence electrons. The zero-order valence-electron chi connectivity index (χ0n) is 16.6. The van der Waals surface area contributed by atoms with Crippen LogP contribution in [-0.4, -0.2) is 35.1 Å². The highest BCUT2D eigenvalue weighted by atomic mass is 16.6. The number of allylic oxidation sites excluding steroid dienone is 1. The van der Waals surface area contributed by atoms with Crippen LogP contribution in [0.3, 0.4) is 0 Å². The van der Waals surface area contributed by atoms with E-state index in [1.807, 2.05) is 18.2 Å². The summed E-state index contributed by atoms with van der Waals surface area (Å²) < 4.78 is 0. The normalized spacial score (nSPS) is 18.8. The molecule has 2 atom stereocenters. The molecule has 3 N–H and O–H groups in total. The number of aromatic nitrogens is 1. The number of carbonyl (C=O) groups excluding carboxylic acids is 1. The molecular weight excluding hydrogens is 382 g/mol. The SMILES string of the molecule is NC(=O)C(NCCC1(CCc2ccncc2)C=CC=NC1)c1ccc([N+](=O)[O-])cc1. The number of hydrogen-bond donors (Lipinski definition) is 2. The van der Waals surface area contributed by atoms with E-state index in [2.05, 4.69) is 21.4 Å². The first-order valence-electron chi connectivity index (χ1n) is 9.83. The molecule has 0 saturated heterocycles. The van der Waals surface area contributed by atoms with Crippen LogP contribution in [0.5, 0.6) is 0 Å². The van der Waals surface area contributed by atoms with Gasteiger partial charge in [0.2, 0.25) is 5.91 Å². The van der Waals surface area contributed by atoms with E-state index in [9.17, 15) is 14.9 Å². The predicted molar refractivity (Wildman–Crippen MR) is 115 cm³/mol. The number of nitro benzene ring substituents is 1. The van der Waals surface area contributed by atoms with Crippen LogP contribution in [0.4, 0.5) is 5.69 Å². The first kappa shape index (κ1) is 21.3. The summed E-state index contributed by atoms with van der Waals surface area (Å²) in [5.41, 5.74) is 7.27. The number of aryl methyl sites for hydroxylation is 1. The van der Waals surface area contributed by atoms with Gasteiger partial charge >= 0.3 is 0 Å². The lowest BCUT2D eigenvalue weighted by atomic mass is 9.78. The fourth-order valence-electron chi connectivity index (χ4n) is 3.62. The highest BCUT2D eigenvalue weighted by Crippen LogP contribution is 2.32. The zero-order chi connectivity index (χ0) is 21.4. The van der Waals surface area contributed by atoms with Crippen molar-refractivity contribution in [2.24, 2.45) is 16.1 Å². The third-order valence-electron chi connectivity index (χ3n) is 5.40. The largest absolute Gasteiger partial charge is 0.368 e. The molecule has 2 heterocycles. The number of nitrogens with one attached hydrogen (secondary N) is 1. The molecule has 0 spiro atoms. The molecule has 0 radical (unpaired) electrons. The molecule has 1 aromatic carbocycles. The molecule has 1 aliphatic heterocycles. The minimum Gasteiger partial charge on any atom is -0.368 e. The average Bonchev–Trinajstić information content (AvgIpc) is 2.77. The third kappa shape index (κ3) is 5.57. The summed E-state index contributed by atoms with van der Waals surface area (Å²) in [4.78, 5) is 30.9.